The first-order chi connectivity index (χ1) is 9.99. The first-order valence-corrected chi connectivity index (χ1v) is 7.42. The summed E-state index contributed by atoms with van der Waals surface area (Å²) in [5, 5.41) is 10.8. The summed E-state index contributed by atoms with van der Waals surface area (Å²) in [6.07, 6.45) is 1.02. The molecule has 0 amide bonds. The van der Waals surface area contributed by atoms with Crippen molar-refractivity contribution in [2.24, 2.45) is 0 Å². The lowest BCUT2D eigenvalue weighted by molar-refractivity contribution is -0.384. The number of carbonyl (C=O) groups is 1. The molecule has 1 atom stereocenters. The number of nitro benzene ring substituents is 1. The zero-order chi connectivity index (χ0) is 16.4. The summed E-state index contributed by atoms with van der Waals surface area (Å²) >= 11 is 0. The number of hydrogen-bond donors (Lipinski definition) is 0. The van der Waals surface area contributed by atoms with E-state index >= 15 is 0 Å². The first kappa shape index (κ1) is 19.1. The van der Waals surface area contributed by atoms with Crippen molar-refractivity contribution in [3.63, 3.8) is 0 Å². The number of ether oxygens (including phenoxy) is 1. The van der Waals surface area contributed by atoms with E-state index in [-0.39, 0.29) is 24.0 Å². The van der Waals surface area contributed by atoms with Gasteiger partial charge in [-0.3, -0.25) is 14.9 Å². The quantitative estimate of drug-likeness (QED) is 0.447. The van der Waals surface area contributed by atoms with Crippen molar-refractivity contribution in [2.45, 2.75) is 53.4 Å². The van der Waals surface area contributed by atoms with Crippen molar-refractivity contribution in [2.75, 3.05) is 6.61 Å². The Morgan fingerprint density at radius 2 is 1.95 bits per heavy atom. The molecule has 0 heterocycles. The second kappa shape index (κ2) is 9.91. The number of non-ortho nitro benzene ring substituents is 1. The number of benzene rings is 1. The number of nitro groups is 1. The van der Waals surface area contributed by atoms with Gasteiger partial charge in [0.2, 0.25) is 0 Å². The molecule has 21 heavy (non-hydrogen) atoms. The zero-order valence-corrected chi connectivity index (χ0v) is 13.5. The molecule has 0 saturated carbocycles. The van der Waals surface area contributed by atoms with Gasteiger partial charge in [-0.05, 0) is 30.4 Å². The summed E-state index contributed by atoms with van der Waals surface area (Å²) < 4.78 is 4.92. The molecule has 0 aliphatic heterocycles. The fourth-order valence-electron chi connectivity index (χ4n) is 1.90. The van der Waals surface area contributed by atoms with E-state index in [1.165, 1.54) is 6.07 Å². The van der Waals surface area contributed by atoms with Gasteiger partial charge in [-0.1, -0.05) is 33.8 Å². The molecular formula is C16H25NO4. The van der Waals surface area contributed by atoms with Crippen molar-refractivity contribution >= 4 is 11.7 Å². The minimum absolute atomic E-state index is 0.0582. The van der Waals surface area contributed by atoms with Crippen LogP contribution in [0.15, 0.2) is 18.2 Å². The lowest BCUT2D eigenvalue weighted by Gasteiger charge is -2.14. The molecule has 0 aliphatic rings. The van der Waals surface area contributed by atoms with E-state index in [1.807, 2.05) is 27.7 Å². The molecule has 0 bridgehead atoms. The summed E-state index contributed by atoms with van der Waals surface area (Å²) in [5.74, 6) is -0.134. The summed E-state index contributed by atoms with van der Waals surface area (Å²) in [4.78, 5) is 21.9. The van der Waals surface area contributed by atoms with Crippen LogP contribution < -0.4 is 0 Å². The Hall–Kier alpha value is -1.91. The molecule has 5 heteroatoms. The van der Waals surface area contributed by atoms with E-state index in [0.29, 0.717) is 6.61 Å². The SMILES string of the molecule is CC.CCOC(=O)Cc1ccc([N+](=O)[O-])cc1C(C)CC. The van der Waals surface area contributed by atoms with E-state index in [0.717, 1.165) is 17.5 Å². The van der Waals surface area contributed by atoms with Crippen LogP contribution in [0.5, 0.6) is 0 Å². The van der Waals surface area contributed by atoms with Crippen molar-refractivity contribution in [1.29, 1.82) is 0 Å². The van der Waals surface area contributed by atoms with Gasteiger partial charge in [0, 0.05) is 12.1 Å². The maximum absolute atomic E-state index is 11.5. The van der Waals surface area contributed by atoms with Crippen LogP contribution in [0, 0.1) is 10.1 Å². The van der Waals surface area contributed by atoms with Gasteiger partial charge in [0.05, 0.1) is 18.0 Å². The van der Waals surface area contributed by atoms with Crippen molar-refractivity contribution in [3.8, 4) is 0 Å². The number of carbonyl (C=O) groups excluding carboxylic acids is 1. The summed E-state index contributed by atoms with van der Waals surface area (Å²) in [7, 11) is 0. The van der Waals surface area contributed by atoms with Gasteiger partial charge >= 0.3 is 5.97 Å². The highest BCUT2D eigenvalue weighted by molar-refractivity contribution is 5.73. The number of rotatable bonds is 6. The molecule has 0 aliphatic carbocycles. The van der Waals surface area contributed by atoms with Gasteiger partial charge in [-0.2, -0.15) is 0 Å². The van der Waals surface area contributed by atoms with Gasteiger partial charge < -0.3 is 4.74 Å². The van der Waals surface area contributed by atoms with E-state index < -0.39 is 4.92 Å². The molecule has 1 aromatic rings. The van der Waals surface area contributed by atoms with Gasteiger partial charge in [0.1, 0.15) is 0 Å². The predicted molar refractivity (Wildman–Crippen MR) is 83.5 cm³/mol. The average molecular weight is 295 g/mol. The highest BCUT2D eigenvalue weighted by Crippen LogP contribution is 2.27. The molecule has 118 valence electrons. The van der Waals surface area contributed by atoms with Gasteiger partial charge in [0.15, 0.2) is 0 Å². The monoisotopic (exact) mass is 295 g/mol. The summed E-state index contributed by atoms with van der Waals surface area (Å²) in [5.41, 5.74) is 1.71. The van der Waals surface area contributed by atoms with Crippen LogP contribution in [0.25, 0.3) is 0 Å². The molecule has 1 aromatic carbocycles. The molecule has 0 radical (unpaired) electrons. The van der Waals surface area contributed by atoms with Crippen LogP contribution in [0.2, 0.25) is 0 Å². The van der Waals surface area contributed by atoms with Gasteiger partial charge in [0.25, 0.3) is 5.69 Å². The largest absolute Gasteiger partial charge is 0.466 e. The van der Waals surface area contributed by atoms with E-state index in [9.17, 15) is 14.9 Å². The Kier molecular flexibility index (Phi) is 9.01. The van der Waals surface area contributed by atoms with E-state index in [2.05, 4.69) is 0 Å². The third-order valence-electron chi connectivity index (χ3n) is 3.12. The van der Waals surface area contributed by atoms with Crippen molar-refractivity contribution < 1.29 is 14.5 Å². The van der Waals surface area contributed by atoms with Crippen molar-refractivity contribution in [1.82, 2.24) is 0 Å². The number of esters is 1. The minimum Gasteiger partial charge on any atom is -0.466 e. The highest BCUT2D eigenvalue weighted by atomic mass is 16.6. The normalized spacial score (nSPS) is 11.1. The van der Waals surface area contributed by atoms with Crippen LogP contribution in [-0.4, -0.2) is 17.5 Å². The molecule has 0 saturated heterocycles. The third-order valence-corrected chi connectivity index (χ3v) is 3.12. The maximum atomic E-state index is 11.5. The Balaban J connectivity index is 0.00000191. The van der Waals surface area contributed by atoms with Crippen LogP contribution in [-0.2, 0) is 16.0 Å². The number of hydrogen-bond acceptors (Lipinski definition) is 4. The van der Waals surface area contributed by atoms with Crippen molar-refractivity contribution in [3.05, 3.63) is 39.4 Å². The van der Waals surface area contributed by atoms with E-state index in [1.54, 1.807) is 19.1 Å². The lowest BCUT2D eigenvalue weighted by Crippen LogP contribution is -2.10. The van der Waals surface area contributed by atoms with Crippen LogP contribution in [0.4, 0.5) is 5.69 Å². The second-order valence-corrected chi connectivity index (χ2v) is 4.43. The zero-order valence-electron chi connectivity index (χ0n) is 13.5. The van der Waals surface area contributed by atoms with Gasteiger partial charge in [-0.25, -0.2) is 0 Å². The van der Waals surface area contributed by atoms with Crippen LogP contribution in [0.1, 0.15) is 58.1 Å². The minimum atomic E-state index is -0.417. The molecular weight excluding hydrogens is 270 g/mol. The average Bonchev–Trinajstić information content (AvgIpc) is 2.48. The molecule has 1 rings (SSSR count). The fourth-order valence-corrected chi connectivity index (χ4v) is 1.90. The van der Waals surface area contributed by atoms with Gasteiger partial charge in [-0.15, -0.1) is 0 Å². The predicted octanol–water partition coefficient (Wildman–Crippen LogP) is 4.24. The lowest BCUT2D eigenvalue weighted by atomic mass is 9.92. The summed E-state index contributed by atoms with van der Waals surface area (Å²) in [6.45, 7) is 10.1. The number of nitrogens with zero attached hydrogens (tertiary/aromatic N) is 1. The van der Waals surface area contributed by atoms with Crippen LogP contribution in [0.3, 0.4) is 0 Å². The molecule has 1 unspecified atom stereocenters. The molecule has 0 N–H and O–H groups in total. The Labute approximate surface area is 126 Å². The highest BCUT2D eigenvalue weighted by Gasteiger charge is 2.17. The Morgan fingerprint density at radius 3 is 2.43 bits per heavy atom. The Bertz CT molecular complexity index is 471. The smallest absolute Gasteiger partial charge is 0.310 e. The Morgan fingerprint density at radius 1 is 1.33 bits per heavy atom. The standard InChI is InChI=1S/C14H19NO4.C2H6/c1-4-10(3)13-9-12(15(17)18)7-6-11(13)8-14(16)19-5-2;1-2/h6-7,9-10H,4-5,8H2,1-3H3;1-2H3. The second-order valence-electron chi connectivity index (χ2n) is 4.43. The third kappa shape index (κ3) is 5.94. The molecule has 5 nitrogen and oxygen atoms in total. The summed E-state index contributed by atoms with van der Waals surface area (Å²) in [6, 6.07) is 4.64. The molecule has 0 spiro atoms. The van der Waals surface area contributed by atoms with E-state index in [4.69, 9.17) is 4.74 Å². The maximum Gasteiger partial charge on any atom is 0.310 e. The molecule has 0 fully saturated rings. The topological polar surface area (TPSA) is 69.4 Å². The fraction of sp³-hybridized carbons (Fsp3) is 0.562. The first-order valence-electron chi connectivity index (χ1n) is 7.42. The molecule has 0 aromatic heterocycles. The van der Waals surface area contributed by atoms with Crippen LogP contribution >= 0.6 is 0 Å².